The Morgan fingerprint density at radius 3 is 2.90 bits per heavy atom. The first kappa shape index (κ1) is 16.3. The van der Waals surface area contributed by atoms with Crippen molar-refractivity contribution in [2.24, 2.45) is 0 Å². The third-order valence-corrected chi connectivity index (χ3v) is 5.26. The molecule has 2 rings (SSSR count). The van der Waals surface area contributed by atoms with Crippen LogP contribution in [0.1, 0.15) is 30.6 Å². The van der Waals surface area contributed by atoms with Crippen LogP contribution in [0.15, 0.2) is 15.9 Å². The predicted molar refractivity (Wildman–Crippen MR) is 85.7 cm³/mol. The van der Waals surface area contributed by atoms with Gasteiger partial charge in [0.05, 0.1) is 10.2 Å². The summed E-state index contributed by atoms with van der Waals surface area (Å²) in [6.45, 7) is 1.22. The van der Waals surface area contributed by atoms with Crippen LogP contribution in [0.5, 0.6) is 0 Å². The Labute approximate surface area is 136 Å². The van der Waals surface area contributed by atoms with Gasteiger partial charge < -0.3 is 15.3 Å². The Hall–Kier alpha value is -1.08. The van der Waals surface area contributed by atoms with Crippen LogP contribution in [-0.4, -0.2) is 41.1 Å². The van der Waals surface area contributed by atoms with Gasteiger partial charge in [0, 0.05) is 24.0 Å². The number of piperidine rings is 1. The topological polar surface area (TPSA) is 69.6 Å². The molecule has 0 aromatic carbocycles. The highest BCUT2D eigenvalue weighted by Crippen LogP contribution is 2.22. The Bertz CT molecular complexity index is 506. The number of nitrogens with zero attached hydrogens (tertiary/aromatic N) is 1. The lowest BCUT2D eigenvalue weighted by molar-refractivity contribution is -0.138. The van der Waals surface area contributed by atoms with Gasteiger partial charge in [-0.15, -0.1) is 11.3 Å². The number of carbonyl (C=O) groups excluding carboxylic acids is 1. The maximum absolute atomic E-state index is 12.2. The van der Waals surface area contributed by atoms with E-state index in [0.29, 0.717) is 13.1 Å². The number of urea groups is 1. The molecular weight excluding hydrogens is 356 g/mol. The van der Waals surface area contributed by atoms with Crippen molar-refractivity contribution in [2.75, 3.05) is 13.1 Å². The third-order valence-electron chi connectivity index (χ3n) is 3.57. The molecule has 0 aliphatic carbocycles. The summed E-state index contributed by atoms with van der Waals surface area (Å²) in [6, 6.07) is 3.72. The molecule has 7 heteroatoms. The SMILES string of the molecule is O=C(O)CC1CCCCN1C(=O)NCCc1ccc(Br)s1. The second-order valence-corrected chi connectivity index (χ2v) is 7.68. The van der Waals surface area contributed by atoms with Gasteiger partial charge in [0.25, 0.3) is 0 Å². The highest BCUT2D eigenvalue weighted by molar-refractivity contribution is 9.11. The van der Waals surface area contributed by atoms with Crippen molar-refractivity contribution >= 4 is 39.3 Å². The number of carbonyl (C=O) groups is 2. The number of rotatable bonds is 5. The number of nitrogens with one attached hydrogen (secondary N) is 1. The lowest BCUT2D eigenvalue weighted by atomic mass is 10.00. The number of carboxylic acids is 1. The second-order valence-electron chi connectivity index (χ2n) is 5.13. The zero-order valence-electron chi connectivity index (χ0n) is 11.7. The largest absolute Gasteiger partial charge is 0.481 e. The highest BCUT2D eigenvalue weighted by atomic mass is 79.9. The van der Waals surface area contributed by atoms with E-state index in [4.69, 9.17) is 5.11 Å². The number of thiophene rings is 1. The first-order valence-corrected chi connectivity index (χ1v) is 8.67. The van der Waals surface area contributed by atoms with Gasteiger partial charge in [0.2, 0.25) is 0 Å². The summed E-state index contributed by atoms with van der Waals surface area (Å²) in [6.07, 6.45) is 3.54. The molecule has 5 nitrogen and oxygen atoms in total. The van der Waals surface area contributed by atoms with Crippen molar-refractivity contribution in [2.45, 2.75) is 38.1 Å². The summed E-state index contributed by atoms with van der Waals surface area (Å²) in [4.78, 5) is 26.0. The zero-order valence-corrected chi connectivity index (χ0v) is 14.1. The molecule has 1 aliphatic heterocycles. The molecule has 0 bridgehead atoms. The third kappa shape index (κ3) is 5.00. The molecule has 1 aromatic rings. The van der Waals surface area contributed by atoms with Gasteiger partial charge in [-0.2, -0.15) is 0 Å². The fraction of sp³-hybridized carbons (Fsp3) is 0.571. The van der Waals surface area contributed by atoms with E-state index >= 15 is 0 Å². The standard InChI is InChI=1S/C14H19BrN2O3S/c15-12-5-4-11(21-12)6-7-16-14(20)17-8-2-1-3-10(17)9-13(18)19/h4-5,10H,1-3,6-9H2,(H,16,20)(H,18,19). The molecule has 0 radical (unpaired) electrons. The van der Waals surface area contributed by atoms with E-state index in [1.807, 2.05) is 12.1 Å². The Morgan fingerprint density at radius 2 is 2.24 bits per heavy atom. The Balaban J connectivity index is 1.81. The number of halogens is 1. The van der Waals surface area contributed by atoms with Crippen molar-refractivity contribution in [1.29, 1.82) is 0 Å². The maximum atomic E-state index is 12.2. The fourth-order valence-corrected chi connectivity index (χ4v) is 4.04. The molecule has 1 unspecified atom stereocenters. The van der Waals surface area contributed by atoms with E-state index in [1.54, 1.807) is 16.2 Å². The average Bonchev–Trinajstić information content (AvgIpc) is 2.84. The smallest absolute Gasteiger partial charge is 0.317 e. The molecule has 0 saturated carbocycles. The first-order chi connectivity index (χ1) is 10.1. The van der Waals surface area contributed by atoms with Crippen LogP contribution in [0.2, 0.25) is 0 Å². The van der Waals surface area contributed by atoms with Crippen LogP contribution in [0.25, 0.3) is 0 Å². The van der Waals surface area contributed by atoms with Gasteiger partial charge >= 0.3 is 12.0 Å². The molecule has 21 heavy (non-hydrogen) atoms. The van der Waals surface area contributed by atoms with Gasteiger partial charge in [0.1, 0.15) is 0 Å². The molecule has 116 valence electrons. The minimum absolute atomic E-state index is 0.0330. The molecule has 2 amide bonds. The van der Waals surface area contributed by atoms with E-state index < -0.39 is 5.97 Å². The molecule has 2 N–H and O–H groups in total. The lowest BCUT2D eigenvalue weighted by Gasteiger charge is -2.34. The minimum atomic E-state index is -0.844. The molecule has 0 spiro atoms. The lowest BCUT2D eigenvalue weighted by Crippen LogP contribution is -2.49. The normalized spacial score (nSPS) is 18.5. The van der Waals surface area contributed by atoms with E-state index in [9.17, 15) is 9.59 Å². The van der Waals surface area contributed by atoms with Gasteiger partial charge in [-0.3, -0.25) is 4.79 Å². The van der Waals surface area contributed by atoms with Crippen molar-refractivity contribution in [3.05, 3.63) is 20.8 Å². The quantitative estimate of drug-likeness (QED) is 0.831. The molecular formula is C14H19BrN2O3S. The summed E-state index contributed by atoms with van der Waals surface area (Å²) in [5.41, 5.74) is 0. The minimum Gasteiger partial charge on any atom is -0.481 e. The summed E-state index contributed by atoms with van der Waals surface area (Å²) in [7, 11) is 0. The predicted octanol–water partition coefficient (Wildman–Crippen LogP) is 3.09. The van der Waals surface area contributed by atoms with Gasteiger partial charge in [0.15, 0.2) is 0 Å². The van der Waals surface area contributed by atoms with Crippen LogP contribution in [0.3, 0.4) is 0 Å². The first-order valence-electron chi connectivity index (χ1n) is 7.06. The molecule has 1 aromatic heterocycles. The van der Waals surface area contributed by atoms with Crippen molar-refractivity contribution in [3.8, 4) is 0 Å². The number of hydrogen-bond acceptors (Lipinski definition) is 3. The van der Waals surface area contributed by atoms with Crippen molar-refractivity contribution in [1.82, 2.24) is 10.2 Å². The van der Waals surface area contributed by atoms with Crippen LogP contribution < -0.4 is 5.32 Å². The summed E-state index contributed by atoms with van der Waals surface area (Å²) in [5, 5.41) is 11.8. The number of hydrogen-bond donors (Lipinski definition) is 2. The molecule has 1 saturated heterocycles. The monoisotopic (exact) mass is 374 g/mol. The van der Waals surface area contributed by atoms with Crippen LogP contribution >= 0.6 is 27.3 Å². The number of amides is 2. The molecule has 1 fully saturated rings. The highest BCUT2D eigenvalue weighted by Gasteiger charge is 2.28. The Morgan fingerprint density at radius 1 is 1.43 bits per heavy atom. The van der Waals surface area contributed by atoms with E-state index in [-0.39, 0.29) is 18.5 Å². The number of aliphatic carboxylic acids is 1. The van der Waals surface area contributed by atoms with E-state index in [0.717, 1.165) is 29.5 Å². The second kappa shape index (κ2) is 7.79. The van der Waals surface area contributed by atoms with Gasteiger partial charge in [-0.1, -0.05) is 0 Å². The van der Waals surface area contributed by atoms with Gasteiger partial charge in [-0.25, -0.2) is 4.79 Å². The number of carboxylic acid groups (broad SMARTS) is 1. The Kier molecular flexibility index (Phi) is 6.05. The zero-order chi connectivity index (χ0) is 15.2. The van der Waals surface area contributed by atoms with Crippen LogP contribution in [-0.2, 0) is 11.2 Å². The van der Waals surface area contributed by atoms with Crippen molar-refractivity contribution < 1.29 is 14.7 Å². The summed E-state index contributed by atoms with van der Waals surface area (Å²) in [5.74, 6) is -0.844. The van der Waals surface area contributed by atoms with E-state index in [1.165, 1.54) is 4.88 Å². The van der Waals surface area contributed by atoms with Crippen molar-refractivity contribution in [3.63, 3.8) is 0 Å². The summed E-state index contributed by atoms with van der Waals surface area (Å²) >= 11 is 5.07. The van der Waals surface area contributed by atoms with E-state index in [2.05, 4.69) is 21.2 Å². The molecule has 1 aliphatic rings. The maximum Gasteiger partial charge on any atom is 0.317 e. The molecule has 2 heterocycles. The van der Waals surface area contributed by atoms with Crippen LogP contribution in [0, 0.1) is 0 Å². The average molecular weight is 375 g/mol. The fourth-order valence-electron chi connectivity index (χ4n) is 2.56. The number of likely N-dealkylation sites (tertiary alicyclic amines) is 1. The van der Waals surface area contributed by atoms with Crippen LogP contribution in [0.4, 0.5) is 4.79 Å². The summed E-state index contributed by atoms with van der Waals surface area (Å²) < 4.78 is 1.08. The molecule has 1 atom stereocenters. The van der Waals surface area contributed by atoms with Gasteiger partial charge in [-0.05, 0) is 53.7 Å².